The number of hydrogen-bond donors (Lipinski definition) is 2. The lowest BCUT2D eigenvalue weighted by molar-refractivity contribution is -0.161. The van der Waals surface area contributed by atoms with Crippen LogP contribution in [0.4, 0.5) is 0 Å². The monoisotopic (exact) mass is 1270 g/mol. The molecule has 0 aromatic heterocycles. The summed E-state index contributed by atoms with van der Waals surface area (Å²) in [6.45, 7) is 3.70. The molecule has 0 bridgehead atoms. The van der Waals surface area contributed by atoms with E-state index in [1.807, 2.05) is 0 Å². The van der Waals surface area contributed by atoms with E-state index in [1.165, 1.54) is 283 Å². The Morgan fingerprint density at radius 3 is 0.921 bits per heavy atom. The van der Waals surface area contributed by atoms with Gasteiger partial charge in [0.05, 0.1) is 13.2 Å². The summed E-state index contributed by atoms with van der Waals surface area (Å²) < 4.78 is 33.3. The van der Waals surface area contributed by atoms with Gasteiger partial charge in [0, 0.05) is 19.4 Å². The van der Waals surface area contributed by atoms with E-state index >= 15 is 0 Å². The van der Waals surface area contributed by atoms with E-state index in [0.29, 0.717) is 6.42 Å². The number of nitrogens with two attached hydrogens (primary N) is 1. The minimum atomic E-state index is -4.39. The molecule has 3 N–H and O–H groups in total. The molecule has 9 nitrogen and oxygen atoms in total. The van der Waals surface area contributed by atoms with Gasteiger partial charge in [0.1, 0.15) is 6.61 Å². The Kier molecular flexibility index (Phi) is 72.4. The molecular formula is C79H146NO8P. The molecule has 0 heterocycles. The number of ether oxygens (including phenoxy) is 2. The molecule has 0 saturated heterocycles. The smallest absolute Gasteiger partial charge is 0.462 e. The number of phosphoric ester groups is 1. The second-order valence-corrected chi connectivity index (χ2v) is 27.3. The SMILES string of the molecule is CC/C=C\C/C=C\C/C=C\C/C=C\C/C=C\C/C=C\CCCCCCCCCCCCCCCCCCCCCCCCC(=O)OC(COC(=O)CCCCCCCCCCCCCCCCCCCCCCCCCCCCC)COP(=O)(O)OCCN. The van der Waals surface area contributed by atoms with Crippen molar-refractivity contribution in [3.63, 3.8) is 0 Å². The van der Waals surface area contributed by atoms with Crippen LogP contribution in [0.1, 0.15) is 386 Å². The standard InChI is InChI=1S/C79H146NO8P/c1-3-5-7-9-11-13-15-17-19-21-23-25-27-29-31-32-33-34-35-36-37-38-39-40-41-42-43-44-46-48-50-52-54-56-58-60-62-64-66-68-70-72-79(82)88-77(76-87-89(83,84)86-74-73-80)75-85-78(81)71-69-67-65-63-61-59-57-55-53-51-49-47-45-30-28-26-24-22-20-18-16-14-12-10-8-6-4-2/h5,7,11,13,17,19,23,25,29,31,33-34,77H,3-4,6,8-10,12,14-16,18,20-22,24,26-28,30,32,35-76,80H2,1-2H3,(H,83,84)/b7-5-,13-11-,19-17-,25-23-,31-29-,34-33-. The van der Waals surface area contributed by atoms with E-state index in [-0.39, 0.29) is 38.6 Å². The van der Waals surface area contributed by atoms with Crippen molar-refractivity contribution in [2.45, 2.75) is 392 Å². The minimum absolute atomic E-state index is 0.0554. The first kappa shape index (κ1) is 86.5. The lowest BCUT2D eigenvalue weighted by Crippen LogP contribution is -2.29. The van der Waals surface area contributed by atoms with Gasteiger partial charge in [-0.2, -0.15) is 0 Å². The van der Waals surface area contributed by atoms with Gasteiger partial charge in [0.25, 0.3) is 0 Å². The molecule has 0 aromatic rings. The van der Waals surface area contributed by atoms with E-state index in [2.05, 4.69) is 86.8 Å². The number of unbranched alkanes of at least 4 members (excludes halogenated alkanes) is 48. The van der Waals surface area contributed by atoms with E-state index in [0.717, 1.165) is 70.6 Å². The van der Waals surface area contributed by atoms with Gasteiger partial charge in [0.2, 0.25) is 0 Å². The Hall–Kier alpha value is -2.55. The number of carbonyl (C=O) groups is 2. The average Bonchev–Trinajstić information content (AvgIpc) is 3.58. The van der Waals surface area contributed by atoms with Crippen molar-refractivity contribution in [1.82, 2.24) is 0 Å². The summed E-state index contributed by atoms with van der Waals surface area (Å²) in [6, 6.07) is 0. The summed E-state index contributed by atoms with van der Waals surface area (Å²) in [5.74, 6) is -0.804. The van der Waals surface area contributed by atoms with Crippen molar-refractivity contribution in [2.24, 2.45) is 5.73 Å². The molecule has 0 aromatic carbocycles. The van der Waals surface area contributed by atoms with Crippen LogP contribution in [-0.4, -0.2) is 49.3 Å². The fraction of sp³-hybridized carbons (Fsp3) is 0.823. The summed E-state index contributed by atoms with van der Waals surface area (Å²) in [4.78, 5) is 35.4. The van der Waals surface area contributed by atoms with Crippen molar-refractivity contribution in [1.29, 1.82) is 0 Å². The number of phosphoric acid groups is 1. The van der Waals surface area contributed by atoms with Crippen LogP contribution in [0.15, 0.2) is 72.9 Å². The van der Waals surface area contributed by atoms with Crippen LogP contribution in [0.5, 0.6) is 0 Å². The van der Waals surface area contributed by atoms with Gasteiger partial charge in [-0.25, -0.2) is 4.57 Å². The molecule has 0 rings (SSSR count). The van der Waals surface area contributed by atoms with Crippen molar-refractivity contribution in [3.05, 3.63) is 72.9 Å². The van der Waals surface area contributed by atoms with Gasteiger partial charge < -0.3 is 20.1 Å². The molecule has 2 unspecified atom stereocenters. The Bertz CT molecular complexity index is 1690. The summed E-state index contributed by atoms with van der Waals surface area (Å²) in [7, 11) is -4.39. The van der Waals surface area contributed by atoms with Gasteiger partial charge in [-0.1, -0.05) is 382 Å². The number of rotatable bonds is 73. The zero-order chi connectivity index (χ0) is 64.4. The van der Waals surface area contributed by atoms with Crippen LogP contribution < -0.4 is 5.73 Å². The third kappa shape index (κ3) is 74.4. The average molecular weight is 1270 g/mol. The van der Waals surface area contributed by atoms with Gasteiger partial charge in [-0.3, -0.25) is 18.6 Å². The Balaban J connectivity index is 3.77. The second kappa shape index (κ2) is 74.5. The number of esters is 2. The van der Waals surface area contributed by atoms with Crippen LogP contribution in [0.2, 0.25) is 0 Å². The first-order valence-electron chi connectivity index (χ1n) is 38.4. The van der Waals surface area contributed by atoms with Crippen molar-refractivity contribution in [2.75, 3.05) is 26.4 Å². The summed E-state index contributed by atoms with van der Waals surface area (Å²) in [5.41, 5.74) is 5.41. The van der Waals surface area contributed by atoms with Crippen molar-refractivity contribution < 1.29 is 37.6 Å². The second-order valence-electron chi connectivity index (χ2n) is 25.9. The molecule has 89 heavy (non-hydrogen) atoms. The largest absolute Gasteiger partial charge is 0.472 e. The third-order valence-electron chi connectivity index (χ3n) is 17.1. The zero-order valence-corrected chi connectivity index (χ0v) is 59.6. The lowest BCUT2D eigenvalue weighted by Gasteiger charge is -2.19. The van der Waals surface area contributed by atoms with Crippen molar-refractivity contribution >= 4 is 19.8 Å². The van der Waals surface area contributed by atoms with E-state index in [4.69, 9.17) is 24.3 Å². The normalized spacial score (nSPS) is 13.3. The highest BCUT2D eigenvalue weighted by molar-refractivity contribution is 7.47. The fourth-order valence-electron chi connectivity index (χ4n) is 11.5. The molecule has 0 aliphatic carbocycles. The van der Waals surface area contributed by atoms with Gasteiger partial charge >= 0.3 is 19.8 Å². The maximum Gasteiger partial charge on any atom is 0.472 e. The Morgan fingerprint density at radius 1 is 0.348 bits per heavy atom. The molecular weight excluding hydrogens is 1120 g/mol. The van der Waals surface area contributed by atoms with Gasteiger partial charge in [-0.05, 0) is 64.2 Å². The topological polar surface area (TPSA) is 134 Å². The number of hydrogen-bond acceptors (Lipinski definition) is 8. The van der Waals surface area contributed by atoms with E-state index < -0.39 is 26.5 Å². The maximum atomic E-state index is 12.8. The summed E-state index contributed by atoms with van der Waals surface area (Å²) in [5, 5.41) is 0. The molecule has 0 amide bonds. The molecule has 520 valence electrons. The van der Waals surface area contributed by atoms with Crippen molar-refractivity contribution in [3.8, 4) is 0 Å². The zero-order valence-electron chi connectivity index (χ0n) is 58.7. The maximum absolute atomic E-state index is 12.8. The molecule has 10 heteroatoms. The molecule has 0 saturated carbocycles. The highest BCUT2D eigenvalue weighted by Gasteiger charge is 2.26. The quantitative estimate of drug-likeness (QED) is 0.0264. The molecule has 0 aliphatic rings. The summed E-state index contributed by atoms with van der Waals surface area (Å²) >= 11 is 0. The molecule has 0 radical (unpaired) electrons. The van der Waals surface area contributed by atoms with Gasteiger partial charge in [-0.15, -0.1) is 0 Å². The molecule has 0 aliphatic heterocycles. The Labute approximate surface area is 552 Å². The van der Waals surface area contributed by atoms with Crippen LogP contribution in [-0.2, 0) is 32.7 Å². The van der Waals surface area contributed by atoms with Crippen LogP contribution >= 0.6 is 7.82 Å². The first-order valence-corrected chi connectivity index (χ1v) is 39.9. The van der Waals surface area contributed by atoms with Crippen LogP contribution in [0, 0.1) is 0 Å². The van der Waals surface area contributed by atoms with Crippen LogP contribution in [0.25, 0.3) is 0 Å². The lowest BCUT2D eigenvalue weighted by atomic mass is 10.0. The fourth-order valence-corrected chi connectivity index (χ4v) is 12.2. The molecule has 0 fully saturated rings. The molecule has 0 spiro atoms. The Morgan fingerprint density at radius 2 is 0.618 bits per heavy atom. The summed E-state index contributed by atoms with van der Waals surface area (Å²) in [6.07, 6.45) is 98.9. The third-order valence-corrected chi connectivity index (χ3v) is 18.1. The van der Waals surface area contributed by atoms with E-state index in [1.54, 1.807) is 0 Å². The van der Waals surface area contributed by atoms with Crippen LogP contribution in [0.3, 0.4) is 0 Å². The predicted molar refractivity (Wildman–Crippen MR) is 386 cm³/mol. The number of allylic oxidation sites excluding steroid dienone is 12. The first-order chi connectivity index (χ1) is 43.8. The number of carbonyl (C=O) groups excluding carboxylic acids is 2. The highest BCUT2D eigenvalue weighted by atomic mass is 31.2. The molecule has 2 atom stereocenters. The predicted octanol–water partition coefficient (Wildman–Crippen LogP) is 25.5. The van der Waals surface area contributed by atoms with E-state index in [9.17, 15) is 19.0 Å². The van der Waals surface area contributed by atoms with Gasteiger partial charge in [0.15, 0.2) is 6.10 Å². The minimum Gasteiger partial charge on any atom is -0.462 e. The highest BCUT2D eigenvalue weighted by Crippen LogP contribution is 2.43.